The van der Waals surface area contributed by atoms with Crippen LogP contribution in [0, 0.1) is 0 Å². The van der Waals surface area contributed by atoms with Gasteiger partial charge < -0.3 is 37.9 Å². The van der Waals surface area contributed by atoms with E-state index in [4.69, 9.17) is 37.9 Å². The molecule has 10 nitrogen and oxygen atoms in total. The molecule has 1 saturated heterocycles. The lowest BCUT2D eigenvalue weighted by Crippen LogP contribution is -2.67. The molecule has 5 atom stereocenters. The van der Waals surface area contributed by atoms with Gasteiger partial charge in [-0.2, -0.15) is 0 Å². The van der Waals surface area contributed by atoms with Gasteiger partial charge in [0.25, 0.3) is 6.29 Å². The first kappa shape index (κ1) is 50.3. The number of rotatable bonds is 31. The van der Waals surface area contributed by atoms with E-state index in [0.717, 1.165) is 73.6 Å². The maximum atomic E-state index is 13.3. The predicted molar refractivity (Wildman–Crippen MR) is 248 cm³/mol. The number of carbonyl (C=O) groups is 2. The van der Waals surface area contributed by atoms with Crippen molar-refractivity contribution < 1.29 is 47.5 Å². The lowest BCUT2D eigenvalue weighted by Gasteiger charge is -2.51. The molecule has 0 unspecified atom stereocenters. The summed E-state index contributed by atoms with van der Waals surface area (Å²) in [5, 5.41) is 0. The highest BCUT2D eigenvalue weighted by Crippen LogP contribution is 2.39. The first-order valence-electron chi connectivity index (χ1n) is 23.4. The molecule has 0 bridgehead atoms. The van der Waals surface area contributed by atoms with E-state index in [1.54, 1.807) is 6.08 Å². The van der Waals surface area contributed by atoms with E-state index in [1.165, 1.54) is 0 Å². The minimum Gasteiger partial charge on any atom is -0.423 e. The molecule has 0 spiro atoms. The standard InChI is InChI=1S/C54H70O10/c1-4-7-9-11-25-35-48(55)62-50(63-49(56)36-26-12-10-8-5-2)42-61-54(6-3)53(60-40-46-33-23-16-24-34-46)52(59-39-45-31-21-15-22-32-45)51(58-38-44-29-19-14-20-30-44)47(64-54)41-57-37-43-27-17-13-18-28-43/h6,13-24,27-34,47,50-53H,3-5,7-12,25-26,35-42H2,1-2H3/t47-,51-,52+,53-,54+/m1/s1. The van der Waals surface area contributed by atoms with Crippen molar-refractivity contribution >= 4 is 11.9 Å². The van der Waals surface area contributed by atoms with Crippen molar-refractivity contribution in [2.24, 2.45) is 0 Å². The van der Waals surface area contributed by atoms with Crippen LogP contribution in [0.25, 0.3) is 0 Å². The maximum absolute atomic E-state index is 13.3. The van der Waals surface area contributed by atoms with Gasteiger partial charge in [0.1, 0.15) is 31.0 Å². The van der Waals surface area contributed by atoms with Crippen LogP contribution in [0.5, 0.6) is 0 Å². The van der Waals surface area contributed by atoms with Gasteiger partial charge >= 0.3 is 11.9 Å². The third-order valence-corrected chi connectivity index (χ3v) is 11.2. The molecule has 5 rings (SSSR count). The van der Waals surface area contributed by atoms with E-state index < -0.39 is 48.4 Å². The van der Waals surface area contributed by atoms with Crippen LogP contribution in [-0.2, 0) is 73.9 Å². The van der Waals surface area contributed by atoms with Gasteiger partial charge in [-0.15, -0.1) is 0 Å². The minimum atomic E-state index is -1.74. The number of ether oxygens (including phenoxy) is 8. The van der Waals surface area contributed by atoms with Crippen LogP contribution in [0.1, 0.15) is 113 Å². The molecule has 0 N–H and O–H groups in total. The Labute approximate surface area is 381 Å². The van der Waals surface area contributed by atoms with E-state index >= 15 is 0 Å². The highest BCUT2D eigenvalue weighted by molar-refractivity contribution is 5.71. The highest BCUT2D eigenvalue weighted by atomic mass is 16.8. The van der Waals surface area contributed by atoms with Gasteiger partial charge in [0.05, 0.1) is 33.0 Å². The summed E-state index contributed by atoms with van der Waals surface area (Å²) in [6.07, 6.45) is 6.85. The molecule has 4 aromatic rings. The van der Waals surface area contributed by atoms with Gasteiger partial charge in [0.2, 0.25) is 5.79 Å². The fourth-order valence-corrected chi connectivity index (χ4v) is 7.66. The van der Waals surface area contributed by atoms with E-state index in [9.17, 15) is 9.59 Å². The van der Waals surface area contributed by atoms with Crippen LogP contribution in [0.4, 0.5) is 0 Å². The fraction of sp³-hybridized carbons (Fsp3) is 0.481. The minimum absolute atomic E-state index is 0.0906. The van der Waals surface area contributed by atoms with E-state index in [2.05, 4.69) is 20.4 Å². The van der Waals surface area contributed by atoms with Crippen molar-refractivity contribution in [1.29, 1.82) is 0 Å². The van der Waals surface area contributed by atoms with Crippen molar-refractivity contribution in [3.63, 3.8) is 0 Å². The molecule has 4 aromatic carbocycles. The summed E-state index contributed by atoms with van der Waals surface area (Å²) in [5.41, 5.74) is 3.82. The van der Waals surface area contributed by atoms with Crippen molar-refractivity contribution in [2.75, 3.05) is 13.2 Å². The molecule has 64 heavy (non-hydrogen) atoms. The van der Waals surface area contributed by atoms with Crippen molar-refractivity contribution in [1.82, 2.24) is 0 Å². The van der Waals surface area contributed by atoms with Gasteiger partial charge in [0, 0.05) is 12.8 Å². The molecular weight excluding hydrogens is 809 g/mol. The second kappa shape index (κ2) is 29.0. The summed E-state index contributed by atoms with van der Waals surface area (Å²) in [4.78, 5) is 26.6. The van der Waals surface area contributed by atoms with Gasteiger partial charge in [-0.3, -0.25) is 9.59 Å². The van der Waals surface area contributed by atoms with Crippen molar-refractivity contribution in [3.05, 3.63) is 156 Å². The van der Waals surface area contributed by atoms with Gasteiger partial charge in [-0.1, -0.05) is 193 Å². The Balaban J connectivity index is 1.48. The summed E-state index contributed by atoms with van der Waals surface area (Å²) in [6.45, 7) is 9.24. The molecular formula is C54H70O10. The van der Waals surface area contributed by atoms with Crippen LogP contribution in [0.15, 0.2) is 134 Å². The molecule has 346 valence electrons. The largest absolute Gasteiger partial charge is 0.423 e. The zero-order valence-corrected chi connectivity index (χ0v) is 38.0. The maximum Gasteiger partial charge on any atom is 0.308 e. The Bertz CT molecular complexity index is 1830. The van der Waals surface area contributed by atoms with Gasteiger partial charge in [0.15, 0.2) is 0 Å². The second-order valence-corrected chi connectivity index (χ2v) is 16.4. The molecule has 0 aliphatic carbocycles. The smallest absolute Gasteiger partial charge is 0.308 e. The molecule has 1 aliphatic rings. The molecule has 1 fully saturated rings. The second-order valence-electron chi connectivity index (χ2n) is 16.4. The monoisotopic (exact) mass is 878 g/mol. The molecule has 0 radical (unpaired) electrons. The molecule has 10 heteroatoms. The quantitative estimate of drug-likeness (QED) is 0.0210. The number of carbonyl (C=O) groups excluding carboxylic acids is 2. The average molecular weight is 879 g/mol. The lowest BCUT2D eigenvalue weighted by atomic mass is 9.91. The number of unbranched alkanes of at least 4 members (excludes halogenated alkanes) is 8. The summed E-state index contributed by atoms with van der Waals surface area (Å²) < 4.78 is 52.6. The lowest BCUT2D eigenvalue weighted by molar-refractivity contribution is -0.370. The van der Waals surface area contributed by atoms with Crippen LogP contribution in [0.3, 0.4) is 0 Å². The molecule has 0 aromatic heterocycles. The van der Waals surface area contributed by atoms with Crippen LogP contribution in [0.2, 0.25) is 0 Å². The first-order chi connectivity index (χ1) is 31.4. The Morgan fingerprint density at radius 1 is 0.578 bits per heavy atom. The van der Waals surface area contributed by atoms with E-state index in [1.807, 2.05) is 121 Å². The Morgan fingerprint density at radius 3 is 1.45 bits per heavy atom. The van der Waals surface area contributed by atoms with Gasteiger partial charge in [-0.25, -0.2) is 0 Å². The SMILES string of the molecule is C=C[C@]1(OCC(OC(=O)CCCCCCC)OC(=O)CCCCCCC)O[C@H](COCc2ccccc2)[C@@H](OCc2ccccc2)[C@H](OCc2ccccc2)[C@H]1OCc1ccccc1. The Kier molecular flexibility index (Phi) is 22.8. The third-order valence-electron chi connectivity index (χ3n) is 11.2. The topological polar surface area (TPSA) is 108 Å². The van der Waals surface area contributed by atoms with E-state index in [-0.39, 0.29) is 45.9 Å². The molecule has 1 aliphatic heterocycles. The third kappa shape index (κ3) is 17.4. The van der Waals surface area contributed by atoms with E-state index in [0.29, 0.717) is 19.4 Å². The Hall–Kier alpha value is -4.68. The Morgan fingerprint density at radius 2 is 1.00 bits per heavy atom. The zero-order chi connectivity index (χ0) is 45.1. The normalized spacial score (nSPS) is 19.6. The summed E-state index contributed by atoms with van der Waals surface area (Å²) in [5.74, 6) is -2.68. The molecule has 0 amide bonds. The predicted octanol–water partition coefficient (Wildman–Crippen LogP) is 11.4. The first-order valence-corrected chi connectivity index (χ1v) is 23.4. The van der Waals surface area contributed by atoms with Crippen LogP contribution >= 0.6 is 0 Å². The summed E-state index contributed by atoms with van der Waals surface area (Å²) in [7, 11) is 0. The number of benzene rings is 4. The zero-order valence-electron chi connectivity index (χ0n) is 38.0. The summed E-state index contributed by atoms with van der Waals surface area (Å²) >= 11 is 0. The summed E-state index contributed by atoms with van der Waals surface area (Å²) in [6, 6.07) is 39.5. The molecule has 1 heterocycles. The molecule has 0 saturated carbocycles. The number of esters is 2. The van der Waals surface area contributed by atoms with Crippen LogP contribution < -0.4 is 0 Å². The fourth-order valence-electron chi connectivity index (χ4n) is 7.66. The average Bonchev–Trinajstić information content (AvgIpc) is 3.33. The number of hydrogen-bond donors (Lipinski definition) is 0. The van der Waals surface area contributed by atoms with Crippen LogP contribution in [-0.4, -0.2) is 61.6 Å². The van der Waals surface area contributed by atoms with Gasteiger partial charge in [-0.05, 0) is 41.2 Å². The highest BCUT2D eigenvalue weighted by Gasteiger charge is 2.57. The number of hydrogen-bond acceptors (Lipinski definition) is 10. The van der Waals surface area contributed by atoms with Crippen molar-refractivity contribution in [2.45, 2.75) is 154 Å². The van der Waals surface area contributed by atoms with Crippen molar-refractivity contribution in [3.8, 4) is 0 Å².